The van der Waals surface area contributed by atoms with Crippen molar-refractivity contribution in [3.8, 4) is 5.75 Å². The Kier molecular flexibility index (Phi) is 4.43. The predicted octanol–water partition coefficient (Wildman–Crippen LogP) is 1.68. The van der Waals surface area contributed by atoms with E-state index in [2.05, 4.69) is 17.6 Å². The molecule has 1 heterocycles. The number of piperidine rings is 1. The number of hydrogen-bond donors (Lipinski definition) is 3. The number of rotatable bonds is 3. The van der Waals surface area contributed by atoms with Crippen LogP contribution in [0, 0.1) is 18.8 Å². The molecule has 1 saturated heterocycles. The molecule has 1 aliphatic heterocycles. The number of phenols is 1. The van der Waals surface area contributed by atoms with E-state index < -0.39 is 0 Å². The van der Waals surface area contributed by atoms with Gasteiger partial charge in [0.05, 0.1) is 5.56 Å². The van der Waals surface area contributed by atoms with Crippen molar-refractivity contribution in [2.24, 2.45) is 11.8 Å². The van der Waals surface area contributed by atoms with Crippen LogP contribution in [0.4, 0.5) is 0 Å². The van der Waals surface area contributed by atoms with Gasteiger partial charge in [-0.15, -0.1) is 0 Å². The lowest BCUT2D eigenvalue weighted by Crippen LogP contribution is -2.42. The van der Waals surface area contributed by atoms with Crippen molar-refractivity contribution < 1.29 is 9.90 Å². The minimum absolute atomic E-state index is 0.0785. The Labute approximate surface area is 114 Å². The van der Waals surface area contributed by atoms with Gasteiger partial charge in [-0.3, -0.25) is 4.79 Å². The monoisotopic (exact) mass is 262 g/mol. The second-order valence-corrected chi connectivity index (χ2v) is 5.41. The SMILES string of the molecule is Cc1cccc(C(=O)NCC2CNCCC2C)c1O. The highest BCUT2D eigenvalue weighted by molar-refractivity contribution is 5.97. The lowest BCUT2D eigenvalue weighted by Gasteiger charge is -2.29. The highest BCUT2D eigenvalue weighted by Gasteiger charge is 2.22. The maximum atomic E-state index is 12.1. The van der Waals surface area contributed by atoms with Crippen molar-refractivity contribution in [3.05, 3.63) is 29.3 Å². The summed E-state index contributed by atoms with van der Waals surface area (Å²) in [7, 11) is 0. The number of carbonyl (C=O) groups is 1. The van der Waals surface area contributed by atoms with Crippen LogP contribution in [0.25, 0.3) is 0 Å². The van der Waals surface area contributed by atoms with Crippen LogP contribution in [-0.2, 0) is 0 Å². The number of benzene rings is 1. The van der Waals surface area contributed by atoms with Crippen LogP contribution >= 0.6 is 0 Å². The van der Waals surface area contributed by atoms with Gasteiger partial charge in [-0.2, -0.15) is 0 Å². The smallest absolute Gasteiger partial charge is 0.255 e. The van der Waals surface area contributed by atoms with Crippen molar-refractivity contribution in [3.63, 3.8) is 0 Å². The molecule has 104 valence electrons. The van der Waals surface area contributed by atoms with Gasteiger partial charge in [-0.05, 0) is 49.9 Å². The lowest BCUT2D eigenvalue weighted by atomic mass is 9.88. The van der Waals surface area contributed by atoms with Gasteiger partial charge in [0.15, 0.2) is 0 Å². The van der Waals surface area contributed by atoms with Crippen molar-refractivity contribution in [2.75, 3.05) is 19.6 Å². The molecular formula is C15H22N2O2. The maximum Gasteiger partial charge on any atom is 0.255 e. The molecule has 1 aromatic rings. The fraction of sp³-hybridized carbons (Fsp3) is 0.533. The summed E-state index contributed by atoms with van der Waals surface area (Å²) in [5, 5.41) is 16.2. The van der Waals surface area contributed by atoms with E-state index in [1.807, 2.05) is 0 Å². The molecule has 1 aliphatic rings. The Morgan fingerprint density at radius 3 is 3.05 bits per heavy atom. The predicted molar refractivity (Wildman–Crippen MR) is 75.3 cm³/mol. The summed E-state index contributed by atoms with van der Waals surface area (Å²) in [6.45, 7) is 6.67. The number of para-hydroxylation sites is 1. The van der Waals surface area contributed by atoms with Crippen LogP contribution in [0.15, 0.2) is 18.2 Å². The molecular weight excluding hydrogens is 240 g/mol. The average Bonchev–Trinajstić information content (AvgIpc) is 2.40. The van der Waals surface area contributed by atoms with Gasteiger partial charge in [-0.25, -0.2) is 0 Å². The molecule has 1 aromatic carbocycles. The van der Waals surface area contributed by atoms with E-state index >= 15 is 0 Å². The van der Waals surface area contributed by atoms with Crippen LogP contribution in [0.1, 0.15) is 29.3 Å². The lowest BCUT2D eigenvalue weighted by molar-refractivity contribution is 0.0936. The van der Waals surface area contributed by atoms with E-state index in [-0.39, 0.29) is 11.7 Å². The third kappa shape index (κ3) is 3.26. The molecule has 4 nitrogen and oxygen atoms in total. The van der Waals surface area contributed by atoms with E-state index in [1.54, 1.807) is 25.1 Å². The zero-order valence-electron chi connectivity index (χ0n) is 11.6. The largest absolute Gasteiger partial charge is 0.507 e. The first kappa shape index (κ1) is 13.9. The summed E-state index contributed by atoms with van der Waals surface area (Å²) in [5.74, 6) is 0.964. The number of aryl methyl sites for hydroxylation is 1. The summed E-state index contributed by atoms with van der Waals surface area (Å²) in [6, 6.07) is 5.23. The highest BCUT2D eigenvalue weighted by Crippen LogP contribution is 2.22. The van der Waals surface area contributed by atoms with Crippen LogP contribution in [0.3, 0.4) is 0 Å². The second-order valence-electron chi connectivity index (χ2n) is 5.41. The molecule has 0 bridgehead atoms. The highest BCUT2D eigenvalue weighted by atomic mass is 16.3. The minimum atomic E-state index is -0.195. The molecule has 3 N–H and O–H groups in total. The molecule has 1 fully saturated rings. The molecule has 19 heavy (non-hydrogen) atoms. The van der Waals surface area contributed by atoms with Gasteiger partial charge in [0.1, 0.15) is 5.75 Å². The maximum absolute atomic E-state index is 12.1. The van der Waals surface area contributed by atoms with Crippen molar-refractivity contribution in [1.82, 2.24) is 10.6 Å². The van der Waals surface area contributed by atoms with Crippen LogP contribution in [0.2, 0.25) is 0 Å². The molecule has 0 aliphatic carbocycles. The normalized spacial score (nSPS) is 23.1. The van der Waals surface area contributed by atoms with E-state index in [0.717, 1.165) is 25.1 Å². The summed E-state index contributed by atoms with van der Waals surface area (Å²) in [6.07, 6.45) is 1.15. The van der Waals surface area contributed by atoms with Gasteiger partial charge < -0.3 is 15.7 Å². The number of carbonyl (C=O) groups excluding carboxylic acids is 1. The number of amides is 1. The van der Waals surface area contributed by atoms with Gasteiger partial charge in [0.25, 0.3) is 5.91 Å². The van der Waals surface area contributed by atoms with Crippen molar-refractivity contribution >= 4 is 5.91 Å². The third-order valence-electron chi connectivity index (χ3n) is 3.99. The fourth-order valence-electron chi connectivity index (χ4n) is 2.49. The Morgan fingerprint density at radius 2 is 2.32 bits per heavy atom. The molecule has 4 heteroatoms. The first-order valence-electron chi connectivity index (χ1n) is 6.87. The summed E-state index contributed by atoms with van der Waals surface area (Å²) in [5.41, 5.74) is 1.08. The molecule has 0 aromatic heterocycles. The van der Waals surface area contributed by atoms with Crippen LogP contribution < -0.4 is 10.6 Å². The number of aromatic hydroxyl groups is 1. The van der Waals surface area contributed by atoms with E-state index in [9.17, 15) is 9.90 Å². The third-order valence-corrected chi connectivity index (χ3v) is 3.99. The standard InChI is InChI=1S/C15H22N2O2/c1-10-6-7-16-8-12(10)9-17-15(19)13-5-3-4-11(2)14(13)18/h3-5,10,12,16,18H,6-9H2,1-2H3,(H,17,19). The molecule has 0 saturated carbocycles. The number of nitrogens with one attached hydrogen (secondary N) is 2. The van der Waals surface area contributed by atoms with Crippen molar-refractivity contribution in [2.45, 2.75) is 20.3 Å². The van der Waals surface area contributed by atoms with Gasteiger partial charge in [0, 0.05) is 6.54 Å². The Bertz CT molecular complexity index is 459. The summed E-state index contributed by atoms with van der Waals surface area (Å²) < 4.78 is 0. The minimum Gasteiger partial charge on any atom is -0.507 e. The van der Waals surface area contributed by atoms with Gasteiger partial charge in [-0.1, -0.05) is 19.1 Å². The fourth-order valence-corrected chi connectivity index (χ4v) is 2.49. The zero-order valence-corrected chi connectivity index (χ0v) is 11.6. The molecule has 0 radical (unpaired) electrons. The first-order valence-corrected chi connectivity index (χ1v) is 6.87. The number of phenolic OH excluding ortho intramolecular Hbond substituents is 1. The topological polar surface area (TPSA) is 61.4 Å². The molecule has 2 atom stereocenters. The second kappa shape index (κ2) is 6.06. The zero-order chi connectivity index (χ0) is 13.8. The number of hydrogen-bond acceptors (Lipinski definition) is 3. The quantitative estimate of drug-likeness (QED) is 0.776. The Morgan fingerprint density at radius 1 is 1.53 bits per heavy atom. The van der Waals surface area contributed by atoms with Crippen LogP contribution in [0.5, 0.6) is 5.75 Å². The Balaban J connectivity index is 1.95. The van der Waals surface area contributed by atoms with E-state index in [0.29, 0.717) is 23.9 Å². The Hall–Kier alpha value is -1.55. The molecule has 2 rings (SSSR count). The molecule has 0 spiro atoms. The van der Waals surface area contributed by atoms with Gasteiger partial charge in [0.2, 0.25) is 0 Å². The van der Waals surface area contributed by atoms with Crippen LogP contribution in [-0.4, -0.2) is 30.6 Å². The van der Waals surface area contributed by atoms with E-state index in [4.69, 9.17) is 0 Å². The van der Waals surface area contributed by atoms with Crippen molar-refractivity contribution in [1.29, 1.82) is 0 Å². The summed E-state index contributed by atoms with van der Waals surface area (Å²) in [4.78, 5) is 12.1. The van der Waals surface area contributed by atoms with Gasteiger partial charge >= 0.3 is 0 Å². The first-order chi connectivity index (χ1) is 9.09. The summed E-state index contributed by atoms with van der Waals surface area (Å²) >= 11 is 0. The molecule has 1 amide bonds. The van der Waals surface area contributed by atoms with E-state index in [1.165, 1.54) is 0 Å². The molecule has 2 unspecified atom stereocenters. The average molecular weight is 262 g/mol.